The van der Waals surface area contributed by atoms with E-state index >= 15 is 0 Å². The number of aryl methyl sites for hydroxylation is 1. The van der Waals surface area contributed by atoms with E-state index in [9.17, 15) is 10.1 Å². The molecule has 100 valence electrons. The number of hydrogen-bond acceptors (Lipinski definition) is 5. The highest BCUT2D eigenvalue weighted by molar-refractivity contribution is 5.60. The van der Waals surface area contributed by atoms with Crippen LogP contribution in [0.1, 0.15) is 18.3 Å². The fourth-order valence-corrected chi connectivity index (χ4v) is 2.03. The van der Waals surface area contributed by atoms with Crippen LogP contribution in [0.5, 0.6) is 0 Å². The first-order valence-electron chi connectivity index (χ1n) is 5.96. The Kier molecular flexibility index (Phi) is 3.57. The van der Waals surface area contributed by atoms with Crippen molar-refractivity contribution in [3.05, 3.63) is 39.7 Å². The first kappa shape index (κ1) is 13.2. The summed E-state index contributed by atoms with van der Waals surface area (Å²) in [5.41, 5.74) is 7.10. The molecule has 2 rings (SSSR count). The van der Waals surface area contributed by atoms with E-state index in [1.54, 1.807) is 19.1 Å². The van der Waals surface area contributed by atoms with Gasteiger partial charge in [0.25, 0.3) is 5.69 Å². The lowest BCUT2D eigenvalue weighted by atomic mass is 10.1. The Morgan fingerprint density at radius 1 is 1.42 bits per heavy atom. The summed E-state index contributed by atoms with van der Waals surface area (Å²) in [7, 11) is 0. The predicted octanol–water partition coefficient (Wildman–Crippen LogP) is 1.64. The van der Waals surface area contributed by atoms with Gasteiger partial charge in [-0.2, -0.15) is 0 Å². The van der Waals surface area contributed by atoms with E-state index in [0.29, 0.717) is 30.3 Å². The zero-order chi connectivity index (χ0) is 14.0. The molecule has 0 aliphatic heterocycles. The molecule has 1 heterocycles. The van der Waals surface area contributed by atoms with Gasteiger partial charge in [0.15, 0.2) is 5.82 Å². The molecule has 7 heteroatoms. The van der Waals surface area contributed by atoms with E-state index in [1.807, 2.05) is 11.5 Å². The van der Waals surface area contributed by atoms with Crippen molar-refractivity contribution in [2.75, 3.05) is 0 Å². The third-order valence-electron chi connectivity index (χ3n) is 2.98. The lowest BCUT2D eigenvalue weighted by molar-refractivity contribution is -0.385. The predicted molar refractivity (Wildman–Crippen MR) is 70.4 cm³/mol. The SMILES string of the molecule is CCn1c(CN)nnc1-c1ccc([N+](=O)[O-])c(C)c1. The second kappa shape index (κ2) is 5.15. The van der Waals surface area contributed by atoms with Crippen molar-refractivity contribution in [1.82, 2.24) is 14.8 Å². The standard InChI is InChI=1S/C12H15N5O2/c1-3-16-11(7-13)14-15-12(16)9-4-5-10(17(18)19)8(2)6-9/h4-6H,3,7,13H2,1-2H3. The number of nitrogens with two attached hydrogens (primary N) is 1. The van der Waals surface area contributed by atoms with E-state index in [-0.39, 0.29) is 5.69 Å². The third-order valence-corrected chi connectivity index (χ3v) is 2.98. The van der Waals surface area contributed by atoms with Gasteiger partial charge in [-0.3, -0.25) is 10.1 Å². The summed E-state index contributed by atoms with van der Waals surface area (Å²) >= 11 is 0. The lowest BCUT2D eigenvalue weighted by Gasteiger charge is -2.07. The van der Waals surface area contributed by atoms with Crippen molar-refractivity contribution >= 4 is 5.69 Å². The second-order valence-electron chi connectivity index (χ2n) is 4.15. The van der Waals surface area contributed by atoms with Crippen molar-refractivity contribution in [3.8, 4) is 11.4 Å². The molecule has 0 unspecified atom stereocenters. The van der Waals surface area contributed by atoms with Crippen molar-refractivity contribution in [1.29, 1.82) is 0 Å². The highest BCUT2D eigenvalue weighted by atomic mass is 16.6. The Bertz CT molecular complexity index is 621. The number of nitrogens with zero attached hydrogens (tertiary/aromatic N) is 4. The van der Waals surface area contributed by atoms with Crippen molar-refractivity contribution in [3.63, 3.8) is 0 Å². The normalized spacial score (nSPS) is 10.7. The number of nitro groups is 1. The Morgan fingerprint density at radius 3 is 2.68 bits per heavy atom. The molecule has 2 aromatic rings. The van der Waals surface area contributed by atoms with Gasteiger partial charge in [-0.15, -0.1) is 10.2 Å². The molecule has 0 atom stereocenters. The van der Waals surface area contributed by atoms with Gasteiger partial charge in [-0.25, -0.2) is 0 Å². The summed E-state index contributed by atoms with van der Waals surface area (Å²) in [6.45, 7) is 4.69. The third kappa shape index (κ3) is 2.32. The van der Waals surface area contributed by atoms with E-state index in [2.05, 4.69) is 10.2 Å². The average molecular weight is 261 g/mol. The molecule has 0 bridgehead atoms. The van der Waals surface area contributed by atoms with E-state index in [1.165, 1.54) is 6.07 Å². The highest BCUT2D eigenvalue weighted by Crippen LogP contribution is 2.25. The molecule has 0 saturated carbocycles. The maximum Gasteiger partial charge on any atom is 0.272 e. The van der Waals surface area contributed by atoms with E-state index in [0.717, 1.165) is 5.56 Å². The van der Waals surface area contributed by atoms with Crippen molar-refractivity contribution in [2.24, 2.45) is 5.73 Å². The summed E-state index contributed by atoms with van der Waals surface area (Å²) in [4.78, 5) is 10.4. The second-order valence-corrected chi connectivity index (χ2v) is 4.15. The molecule has 1 aromatic heterocycles. The van der Waals surface area contributed by atoms with Gasteiger partial charge in [-0.05, 0) is 26.0 Å². The minimum Gasteiger partial charge on any atom is -0.324 e. The zero-order valence-corrected chi connectivity index (χ0v) is 10.8. The highest BCUT2D eigenvalue weighted by Gasteiger charge is 2.15. The van der Waals surface area contributed by atoms with Crippen LogP contribution in [0.3, 0.4) is 0 Å². The molecule has 0 aliphatic rings. The average Bonchev–Trinajstić information content (AvgIpc) is 2.80. The Morgan fingerprint density at radius 2 is 2.16 bits per heavy atom. The van der Waals surface area contributed by atoms with Gasteiger partial charge in [0.05, 0.1) is 11.5 Å². The van der Waals surface area contributed by atoms with Gasteiger partial charge in [0, 0.05) is 23.7 Å². The molecule has 0 fully saturated rings. The van der Waals surface area contributed by atoms with Gasteiger partial charge < -0.3 is 10.3 Å². The van der Waals surface area contributed by atoms with Crippen LogP contribution < -0.4 is 5.73 Å². The topological polar surface area (TPSA) is 99.9 Å². The first-order chi connectivity index (χ1) is 9.08. The summed E-state index contributed by atoms with van der Waals surface area (Å²) < 4.78 is 1.90. The van der Waals surface area contributed by atoms with Gasteiger partial charge in [-0.1, -0.05) is 0 Å². The van der Waals surface area contributed by atoms with Crippen LogP contribution in [0, 0.1) is 17.0 Å². The Labute approximate surface area is 110 Å². The Hall–Kier alpha value is -2.28. The minimum atomic E-state index is -0.394. The maximum atomic E-state index is 10.8. The molecular weight excluding hydrogens is 246 g/mol. The number of hydrogen-bond donors (Lipinski definition) is 1. The number of nitro benzene ring substituents is 1. The quantitative estimate of drug-likeness (QED) is 0.666. The van der Waals surface area contributed by atoms with Crippen LogP contribution >= 0.6 is 0 Å². The van der Waals surface area contributed by atoms with Crippen LogP contribution in [0.15, 0.2) is 18.2 Å². The van der Waals surface area contributed by atoms with E-state index in [4.69, 9.17) is 5.73 Å². The summed E-state index contributed by atoms with van der Waals surface area (Å²) in [5, 5.41) is 18.9. The molecule has 19 heavy (non-hydrogen) atoms. The molecule has 0 saturated heterocycles. The molecule has 1 aromatic carbocycles. The van der Waals surface area contributed by atoms with Crippen LogP contribution in [0.25, 0.3) is 11.4 Å². The van der Waals surface area contributed by atoms with Crippen molar-refractivity contribution in [2.45, 2.75) is 26.9 Å². The molecule has 7 nitrogen and oxygen atoms in total. The fraction of sp³-hybridized carbons (Fsp3) is 0.333. The fourth-order valence-electron chi connectivity index (χ4n) is 2.03. The molecule has 0 aliphatic carbocycles. The molecule has 2 N–H and O–H groups in total. The van der Waals surface area contributed by atoms with Crippen LogP contribution in [-0.4, -0.2) is 19.7 Å². The summed E-state index contributed by atoms with van der Waals surface area (Å²) in [6, 6.07) is 4.91. The minimum absolute atomic E-state index is 0.102. The van der Waals surface area contributed by atoms with Crippen LogP contribution in [-0.2, 0) is 13.1 Å². The Balaban J connectivity index is 2.51. The van der Waals surface area contributed by atoms with Gasteiger partial charge >= 0.3 is 0 Å². The monoisotopic (exact) mass is 261 g/mol. The molecular formula is C12H15N5O2. The summed E-state index contributed by atoms with van der Waals surface area (Å²) in [6.07, 6.45) is 0. The van der Waals surface area contributed by atoms with E-state index < -0.39 is 4.92 Å². The van der Waals surface area contributed by atoms with Crippen molar-refractivity contribution < 1.29 is 4.92 Å². The van der Waals surface area contributed by atoms with Crippen LogP contribution in [0.2, 0.25) is 0 Å². The zero-order valence-electron chi connectivity index (χ0n) is 10.8. The lowest BCUT2D eigenvalue weighted by Crippen LogP contribution is -2.08. The van der Waals surface area contributed by atoms with Gasteiger partial charge in [0.2, 0.25) is 0 Å². The number of aromatic nitrogens is 3. The molecule has 0 amide bonds. The van der Waals surface area contributed by atoms with Crippen LogP contribution in [0.4, 0.5) is 5.69 Å². The van der Waals surface area contributed by atoms with Gasteiger partial charge in [0.1, 0.15) is 5.82 Å². The smallest absolute Gasteiger partial charge is 0.272 e. The number of rotatable bonds is 4. The summed E-state index contributed by atoms with van der Waals surface area (Å²) in [5.74, 6) is 1.38. The largest absolute Gasteiger partial charge is 0.324 e. The number of benzene rings is 1. The molecule has 0 spiro atoms. The maximum absolute atomic E-state index is 10.8. The molecule has 0 radical (unpaired) electrons. The first-order valence-corrected chi connectivity index (χ1v) is 5.96.